The molecule has 0 aromatic heterocycles. The van der Waals surface area contributed by atoms with Gasteiger partial charge in [0.05, 0.1) is 12.2 Å². The molecule has 2 fully saturated rings. The van der Waals surface area contributed by atoms with Crippen LogP contribution in [0.1, 0.15) is 47.0 Å². The molecule has 1 N–H and O–H groups in total. The predicted octanol–water partition coefficient (Wildman–Crippen LogP) is 1.66. The van der Waals surface area contributed by atoms with Crippen LogP contribution in [0, 0.1) is 5.92 Å². The average molecular weight is 267 g/mol. The number of likely N-dealkylation sites (tertiary alicyclic amines) is 1. The van der Waals surface area contributed by atoms with E-state index in [0.29, 0.717) is 23.9 Å². The van der Waals surface area contributed by atoms with Gasteiger partial charge in [-0.25, -0.2) is 0 Å². The molecule has 2 saturated heterocycles. The van der Waals surface area contributed by atoms with Gasteiger partial charge >= 0.3 is 0 Å². The zero-order chi connectivity index (χ0) is 14.2. The number of nitrogens with zero attached hydrogens (tertiary/aromatic N) is 2. The van der Waals surface area contributed by atoms with Crippen LogP contribution in [0.3, 0.4) is 0 Å². The number of nitrogens with one attached hydrogen (secondary N) is 1. The summed E-state index contributed by atoms with van der Waals surface area (Å²) >= 11 is 0. The van der Waals surface area contributed by atoms with Crippen molar-refractivity contribution >= 4 is 5.91 Å². The minimum absolute atomic E-state index is 0.0300. The third kappa shape index (κ3) is 2.79. The van der Waals surface area contributed by atoms with E-state index in [9.17, 15) is 4.79 Å². The Hall–Kier alpha value is -0.610. The molecule has 4 unspecified atom stereocenters. The molecule has 0 saturated carbocycles. The Kier molecular flexibility index (Phi) is 4.51. The maximum Gasteiger partial charge on any atom is 0.241 e. The van der Waals surface area contributed by atoms with E-state index >= 15 is 0 Å². The van der Waals surface area contributed by atoms with Crippen molar-refractivity contribution < 1.29 is 4.79 Å². The highest BCUT2D eigenvalue weighted by molar-refractivity contribution is 5.84. The van der Waals surface area contributed by atoms with Crippen LogP contribution in [-0.2, 0) is 4.79 Å². The van der Waals surface area contributed by atoms with Gasteiger partial charge < -0.3 is 9.80 Å². The summed E-state index contributed by atoms with van der Waals surface area (Å²) in [7, 11) is 2.18. The minimum Gasteiger partial charge on any atom is -0.322 e. The van der Waals surface area contributed by atoms with Gasteiger partial charge in [-0.2, -0.15) is 0 Å². The van der Waals surface area contributed by atoms with Crippen LogP contribution < -0.4 is 5.32 Å². The molecule has 0 bridgehead atoms. The van der Waals surface area contributed by atoms with E-state index in [1.54, 1.807) is 0 Å². The molecule has 0 aliphatic carbocycles. The number of hydrogen-bond acceptors (Lipinski definition) is 3. The molecule has 1 amide bonds. The van der Waals surface area contributed by atoms with Gasteiger partial charge in [-0.15, -0.1) is 0 Å². The van der Waals surface area contributed by atoms with Crippen molar-refractivity contribution in [1.29, 1.82) is 0 Å². The molecule has 0 aromatic carbocycles. The van der Waals surface area contributed by atoms with E-state index in [-0.39, 0.29) is 12.2 Å². The Morgan fingerprint density at radius 3 is 2.63 bits per heavy atom. The summed E-state index contributed by atoms with van der Waals surface area (Å²) in [5.74, 6) is 0.790. The zero-order valence-electron chi connectivity index (χ0n) is 13.0. The second-order valence-electron chi connectivity index (χ2n) is 6.57. The van der Waals surface area contributed by atoms with Gasteiger partial charge in [0.2, 0.25) is 5.91 Å². The van der Waals surface area contributed by atoms with Gasteiger partial charge in [-0.05, 0) is 39.2 Å². The smallest absolute Gasteiger partial charge is 0.241 e. The Morgan fingerprint density at radius 2 is 2.11 bits per heavy atom. The van der Waals surface area contributed by atoms with Crippen molar-refractivity contribution in [3.05, 3.63) is 0 Å². The molecule has 19 heavy (non-hydrogen) atoms. The number of carbonyl (C=O) groups excluding carboxylic acids is 1. The fraction of sp³-hybridized carbons (Fsp3) is 0.933. The van der Waals surface area contributed by atoms with E-state index in [4.69, 9.17) is 0 Å². The van der Waals surface area contributed by atoms with E-state index < -0.39 is 0 Å². The summed E-state index contributed by atoms with van der Waals surface area (Å²) < 4.78 is 0. The first-order chi connectivity index (χ1) is 8.95. The molecular weight excluding hydrogens is 238 g/mol. The van der Waals surface area contributed by atoms with Crippen molar-refractivity contribution in [1.82, 2.24) is 15.1 Å². The van der Waals surface area contributed by atoms with Crippen LogP contribution >= 0.6 is 0 Å². The molecule has 110 valence electrons. The van der Waals surface area contributed by atoms with Gasteiger partial charge in [-0.1, -0.05) is 20.8 Å². The van der Waals surface area contributed by atoms with Crippen molar-refractivity contribution in [2.24, 2.45) is 5.92 Å². The Labute approximate surface area is 117 Å². The highest BCUT2D eigenvalue weighted by Crippen LogP contribution is 2.28. The van der Waals surface area contributed by atoms with Crippen molar-refractivity contribution in [2.45, 2.75) is 71.2 Å². The van der Waals surface area contributed by atoms with Crippen molar-refractivity contribution in [3.8, 4) is 0 Å². The molecule has 2 aliphatic rings. The Bertz CT molecular complexity index is 331. The van der Waals surface area contributed by atoms with E-state index in [1.807, 2.05) is 0 Å². The topological polar surface area (TPSA) is 35.6 Å². The minimum atomic E-state index is 0.0300. The highest BCUT2D eigenvalue weighted by Gasteiger charge is 2.43. The number of carbonyl (C=O) groups is 1. The largest absolute Gasteiger partial charge is 0.322 e. The molecule has 2 heterocycles. The third-order valence-electron chi connectivity index (χ3n) is 4.84. The molecular formula is C15H29N3O. The van der Waals surface area contributed by atoms with Gasteiger partial charge in [0.1, 0.15) is 0 Å². The summed E-state index contributed by atoms with van der Waals surface area (Å²) in [4.78, 5) is 17.2. The van der Waals surface area contributed by atoms with Gasteiger partial charge in [-0.3, -0.25) is 10.1 Å². The lowest BCUT2D eigenvalue weighted by atomic mass is 9.96. The maximum absolute atomic E-state index is 12.6. The van der Waals surface area contributed by atoms with E-state index in [1.165, 1.54) is 0 Å². The lowest BCUT2D eigenvalue weighted by Crippen LogP contribution is -2.53. The predicted molar refractivity (Wildman–Crippen MR) is 77.8 cm³/mol. The summed E-state index contributed by atoms with van der Waals surface area (Å²) in [6.45, 7) is 9.86. The molecule has 0 spiro atoms. The van der Waals surface area contributed by atoms with Crippen LogP contribution in [-0.4, -0.2) is 53.6 Å². The standard InChI is InChI=1S/C15H29N3O/c1-6-13-15(19)18(14(16-13)10(2)3)12-7-8-17(5)11(4)9-12/h10-14,16H,6-9H2,1-5H3. The summed E-state index contributed by atoms with van der Waals surface area (Å²) in [6.07, 6.45) is 3.32. The van der Waals surface area contributed by atoms with Gasteiger partial charge in [0.15, 0.2) is 0 Å². The Morgan fingerprint density at radius 1 is 1.42 bits per heavy atom. The van der Waals surface area contributed by atoms with Crippen LogP contribution in [0.25, 0.3) is 0 Å². The fourth-order valence-electron chi connectivity index (χ4n) is 3.41. The van der Waals surface area contributed by atoms with Crippen molar-refractivity contribution in [3.63, 3.8) is 0 Å². The lowest BCUT2D eigenvalue weighted by Gasteiger charge is -2.42. The first kappa shape index (κ1) is 14.8. The summed E-state index contributed by atoms with van der Waals surface area (Å²) in [6, 6.07) is 1.01. The number of piperidine rings is 1. The van der Waals surface area contributed by atoms with Crippen LogP contribution in [0.5, 0.6) is 0 Å². The number of hydrogen-bond donors (Lipinski definition) is 1. The Balaban J connectivity index is 2.13. The molecule has 4 nitrogen and oxygen atoms in total. The van der Waals surface area contributed by atoms with E-state index in [0.717, 1.165) is 25.8 Å². The van der Waals surface area contributed by atoms with Crippen LogP contribution in [0.4, 0.5) is 0 Å². The normalized spacial score (nSPS) is 37.4. The van der Waals surface area contributed by atoms with Gasteiger partial charge in [0, 0.05) is 18.6 Å². The molecule has 4 atom stereocenters. The SMILES string of the molecule is CCC1NC(C(C)C)N(C2CCN(C)C(C)C2)C1=O. The van der Waals surface area contributed by atoms with Crippen LogP contribution in [0.15, 0.2) is 0 Å². The quantitative estimate of drug-likeness (QED) is 0.845. The molecule has 0 aromatic rings. The molecule has 2 rings (SSSR count). The van der Waals surface area contributed by atoms with Crippen LogP contribution in [0.2, 0.25) is 0 Å². The molecule has 0 radical (unpaired) electrons. The van der Waals surface area contributed by atoms with E-state index in [2.05, 4.69) is 49.9 Å². The number of amides is 1. The third-order valence-corrected chi connectivity index (χ3v) is 4.84. The average Bonchev–Trinajstić information content (AvgIpc) is 2.70. The van der Waals surface area contributed by atoms with Gasteiger partial charge in [0.25, 0.3) is 0 Å². The lowest BCUT2D eigenvalue weighted by molar-refractivity contribution is -0.134. The fourth-order valence-corrected chi connectivity index (χ4v) is 3.41. The summed E-state index contributed by atoms with van der Waals surface area (Å²) in [5.41, 5.74) is 0. The second kappa shape index (κ2) is 5.80. The maximum atomic E-state index is 12.6. The first-order valence-corrected chi connectivity index (χ1v) is 7.74. The summed E-state index contributed by atoms with van der Waals surface area (Å²) in [5, 5.41) is 3.53. The zero-order valence-corrected chi connectivity index (χ0v) is 13.0. The highest BCUT2D eigenvalue weighted by atomic mass is 16.2. The molecule has 2 aliphatic heterocycles. The first-order valence-electron chi connectivity index (χ1n) is 7.74. The second-order valence-corrected chi connectivity index (χ2v) is 6.57. The van der Waals surface area contributed by atoms with Crippen molar-refractivity contribution in [2.75, 3.05) is 13.6 Å². The number of rotatable bonds is 3. The monoisotopic (exact) mass is 267 g/mol. The molecule has 4 heteroatoms.